The monoisotopic (exact) mass is 332 g/mol. The third kappa shape index (κ3) is 3.31. The summed E-state index contributed by atoms with van der Waals surface area (Å²) in [6.45, 7) is 1.71. The van der Waals surface area contributed by atoms with Crippen molar-refractivity contribution >= 4 is 5.91 Å². The van der Waals surface area contributed by atoms with E-state index in [1.807, 2.05) is 41.3 Å². The molecule has 1 aliphatic rings. The third-order valence-corrected chi connectivity index (χ3v) is 4.62. The second-order valence-electron chi connectivity index (χ2n) is 6.34. The van der Waals surface area contributed by atoms with Crippen LogP contribution >= 0.6 is 0 Å². The third-order valence-electron chi connectivity index (χ3n) is 4.62. The van der Waals surface area contributed by atoms with E-state index in [0.29, 0.717) is 5.56 Å². The maximum absolute atomic E-state index is 12.5. The van der Waals surface area contributed by atoms with E-state index >= 15 is 0 Å². The Labute approximate surface area is 146 Å². The van der Waals surface area contributed by atoms with Gasteiger partial charge in [-0.15, -0.1) is 0 Å². The number of aromatic amines is 1. The Kier molecular flexibility index (Phi) is 4.29. The lowest BCUT2D eigenvalue weighted by Crippen LogP contribution is -2.35. The number of nitrogens with one attached hydrogen (secondary N) is 1. The first-order chi connectivity index (χ1) is 12.3. The SMILES string of the molecule is O=C(c1ccc(-c2cccc(-c3ccn[nH]3)c2)nc1)N1CCCCC1. The van der Waals surface area contributed by atoms with Crippen LogP contribution in [-0.4, -0.2) is 39.1 Å². The highest BCUT2D eigenvalue weighted by molar-refractivity contribution is 5.94. The van der Waals surface area contributed by atoms with E-state index in [2.05, 4.69) is 21.2 Å². The zero-order valence-corrected chi connectivity index (χ0v) is 14.0. The van der Waals surface area contributed by atoms with Crippen LogP contribution in [0.25, 0.3) is 22.5 Å². The Bertz CT molecular complexity index is 850. The molecular weight excluding hydrogens is 312 g/mol. The fourth-order valence-corrected chi connectivity index (χ4v) is 3.23. The summed E-state index contributed by atoms with van der Waals surface area (Å²) < 4.78 is 0. The average molecular weight is 332 g/mol. The van der Waals surface area contributed by atoms with Crippen molar-refractivity contribution in [1.29, 1.82) is 0 Å². The van der Waals surface area contributed by atoms with E-state index in [0.717, 1.165) is 48.4 Å². The van der Waals surface area contributed by atoms with Gasteiger partial charge in [-0.1, -0.05) is 18.2 Å². The van der Waals surface area contributed by atoms with Gasteiger partial charge in [0.15, 0.2) is 0 Å². The van der Waals surface area contributed by atoms with Crippen LogP contribution in [0.2, 0.25) is 0 Å². The molecule has 1 saturated heterocycles. The number of rotatable bonds is 3. The number of nitrogens with zero attached hydrogens (tertiary/aromatic N) is 3. The van der Waals surface area contributed by atoms with E-state index in [-0.39, 0.29) is 5.91 Å². The fourth-order valence-electron chi connectivity index (χ4n) is 3.23. The number of aromatic nitrogens is 3. The molecule has 5 nitrogen and oxygen atoms in total. The number of carbonyl (C=O) groups is 1. The van der Waals surface area contributed by atoms with Crippen molar-refractivity contribution in [3.8, 4) is 22.5 Å². The van der Waals surface area contributed by atoms with Crippen molar-refractivity contribution in [2.75, 3.05) is 13.1 Å². The van der Waals surface area contributed by atoms with Gasteiger partial charge in [-0.3, -0.25) is 14.9 Å². The number of amides is 1. The van der Waals surface area contributed by atoms with Crippen molar-refractivity contribution in [3.63, 3.8) is 0 Å². The average Bonchev–Trinajstić information content (AvgIpc) is 3.23. The van der Waals surface area contributed by atoms with Gasteiger partial charge < -0.3 is 4.90 Å². The Morgan fingerprint density at radius 2 is 1.84 bits per heavy atom. The number of carbonyl (C=O) groups excluding carboxylic acids is 1. The molecule has 0 atom stereocenters. The molecule has 2 aromatic heterocycles. The van der Waals surface area contributed by atoms with Gasteiger partial charge in [-0.2, -0.15) is 5.10 Å². The summed E-state index contributed by atoms with van der Waals surface area (Å²) in [5.41, 5.74) is 4.57. The minimum absolute atomic E-state index is 0.0879. The van der Waals surface area contributed by atoms with Crippen LogP contribution in [0.1, 0.15) is 29.6 Å². The lowest BCUT2D eigenvalue weighted by atomic mass is 10.0. The van der Waals surface area contributed by atoms with E-state index in [4.69, 9.17) is 0 Å². The molecule has 0 unspecified atom stereocenters. The first-order valence-corrected chi connectivity index (χ1v) is 8.67. The van der Waals surface area contributed by atoms with Crippen LogP contribution in [0.3, 0.4) is 0 Å². The van der Waals surface area contributed by atoms with Crippen molar-refractivity contribution in [1.82, 2.24) is 20.1 Å². The van der Waals surface area contributed by atoms with Crippen LogP contribution in [0.4, 0.5) is 0 Å². The van der Waals surface area contributed by atoms with Crippen molar-refractivity contribution < 1.29 is 4.79 Å². The molecule has 1 amide bonds. The zero-order chi connectivity index (χ0) is 17.1. The molecule has 0 spiro atoms. The van der Waals surface area contributed by atoms with Gasteiger partial charge in [-0.05, 0) is 43.5 Å². The molecule has 3 aromatic rings. The fraction of sp³-hybridized carbons (Fsp3) is 0.250. The molecule has 0 radical (unpaired) electrons. The molecule has 0 saturated carbocycles. The lowest BCUT2D eigenvalue weighted by molar-refractivity contribution is 0.0724. The highest BCUT2D eigenvalue weighted by atomic mass is 16.2. The molecular formula is C20H20N4O. The smallest absolute Gasteiger partial charge is 0.255 e. The first kappa shape index (κ1) is 15.6. The van der Waals surface area contributed by atoms with Gasteiger partial charge in [0.2, 0.25) is 0 Å². The number of benzene rings is 1. The van der Waals surface area contributed by atoms with Crippen LogP contribution < -0.4 is 0 Å². The van der Waals surface area contributed by atoms with Gasteiger partial charge in [-0.25, -0.2) is 0 Å². The lowest BCUT2D eigenvalue weighted by Gasteiger charge is -2.26. The maximum Gasteiger partial charge on any atom is 0.255 e. The molecule has 0 bridgehead atoms. The summed E-state index contributed by atoms with van der Waals surface area (Å²) in [6.07, 6.45) is 6.83. The number of H-pyrrole nitrogens is 1. The molecule has 4 rings (SSSR count). The minimum atomic E-state index is 0.0879. The van der Waals surface area contributed by atoms with E-state index in [1.165, 1.54) is 6.42 Å². The summed E-state index contributed by atoms with van der Waals surface area (Å²) in [7, 11) is 0. The number of piperidine rings is 1. The van der Waals surface area contributed by atoms with Crippen LogP contribution in [0, 0.1) is 0 Å². The maximum atomic E-state index is 12.5. The molecule has 1 aromatic carbocycles. The Morgan fingerprint density at radius 3 is 2.56 bits per heavy atom. The zero-order valence-electron chi connectivity index (χ0n) is 14.0. The largest absolute Gasteiger partial charge is 0.339 e. The summed E-state index contributed by atoms with van der Waals surface area (Å²) in [4.78, 5) is 19.0. The van der Waals surface area contributed by atoms with Gasteiger partial charge in [0.25, 0.3) is 5.91 Å². The molecule has 0 aliphatic carbocycles. The van der Waals surface area contributed by atoms with E-state index < -0.39 is 0 Å². The molecule has 5 heteroatoms. The van der Waals surface area contributed by atoms with E-state index in [1.54, 1.807) is 12.4 Å². The van der Waals surface area contributed by atoms with Gasteiger partial charge in [0.05, 0.1) is 17.0 Å². The van der Waals surface area contributed by atoms with Crippen molar-refractivity contribution in [2.45, 2.75) is 19.3 Å². The molecule has 25 heavy (non-hydrogen) atoms. The molecule has 3 heterocycles. The van der Waals surface area contributed by atoms with Crippen molar-refractivity contribution in [2.24, 2.45) is 0 Å². The Morgan fingerprint density at radius 1 is 1.00 bits per heavy atom. The summed E-state index contributed by atoms with van der Waals surface area (Å²) >= 11 is 0. The topological polar surface area (TPSA) is 61.9 Å². The van der Waals surface area contributed by atoms with Crippen molar-refractivity contribution in [3.05, 3.63) is 60.4 Å². The standard InChI is InChI=1S/C20H20N4O/c25-20(24-11-2-1-3-12-24)17-7-8-18(21-14-17)15-5-4-6-16(13-15)19-9-10-22-23-19/h4-10,13-14H,1-3,11-12H2,(H,22,23). The van der Waals surface area contributed by atoms with Crippen LogP contribution in [0.15, 0.2) is 54.9 Å². The quantitative estimate of drug-likeness (QED) is 0.794. The number of pyridine rings is 1. The van der Waals surface area contributed by atoms with Gasteiger partial charge >= 0.3 is 0 Å². The highest BCUT2D eigenvalue weighted by Gasteiger charge is 2.18. The number of likely N-dealkylation sites (tertiary alicyclic amines) is 1. The Balaban J connectivity index is 1.56. The molecule has 1 N–H and O–H groups in total. The van der Waals surface area contributed by atoms with Crippen LogP contribution in [-0.2, 0) is 0 Å². The predicted octanol–water partition coefficient (Wildman–Crippen LogP) is 3.76. The Hall–Kier alpha value is -2.95. The second kappa shape index (κ2) is 6.89. The molecule has 126 valence electrons. The first-order valence-electron chi connectivity index (χ1n) is 8.67. The van der Waals surface area contributed by atoms with E-state index in [9.17, 15) is 4.79 Å². The predicted molar refractivity (Wildman–Crippen MR) is 97.0 cm³/mol. The highest BCUT2D eigenvalue weighted by Crippen LogP contribution is 2.24. The van der Waals surface area contributed by atoms with Gasteiger partial charge in [0, 0.05) is 36.6 Å². The summed E-state index contributed by atoms with van der Waals surface area (Å²) in [6, 6.07) is 13.9. The number of hydrogen-bond acceptors (Lipinski definition) is 3. The number of hydrogen-bond donors (Lipinski definition) is 1. The second-order valence-corrected chi connectivity index (χ2v) is 6.34. The molecule has 1 fully saturated rings. The normalized spacial score (nSPS) is 14.5. The van der Waals surface area contributed by atoms with Crippen LogP contribution in [0.5, 0.6) is 0 Å². The molecule has 1 aliphatic heterocycles. The summed E-state index contributed by atoms with van der Waals surface area (Å²) in [5, 5.41) is 6.97. The summed E-state index contributed by atoms with van der Waals surface area (Å²) in [5.74, 6) is 0.0879. The minimum Gasteiger partial charge on any atom is -0.339 e. The van der Waals surface area contributed by atoms with Gasteiger partial charge in [0.1, 0.15) is 0 Å².